The quantitative estimate of drug-likeness (QED) is 0.335. The van der Waals surface area contributed by atoms with Crippen LogP contribution in [-0.4, -0.2) is 22.6 Å². The second-order valence-corrected chi connectivity index (χ2v) is 9.65. The normalized spacial score (nSPS) is 14.5. The SMILES string of the molecule is CCCc1nc(C)cc(=O)n1-c1ccc(N2CCC(Cc3cccc4ccccc34)CC2)c(F)c1. The smallest absolute Gasteiger partial charge is 0.258 e. The van der Waals surface area contributed by atoms with Gasteiger partial charge in [-0.05, 0) is 67.0 Å². The molecule has 35 heavy (non-hydrogen) atoms. The van der Waals surface area contributed by atoms with Crippen molar-refractivity contribution in [2.24, 2.45) is 5.92 Å². The average Bonchev–Trinajstić information content (AvgIpc) is 2.85. The summed E-state index contributed by atoms with van der Waals surface area (Å²) in [5.74, 6) is 0.983. The first-order valence-electron chi connectivity index (χ1n) is 12.6. The highest BCUT2D eigenvalue weighted by molar-refractivity contribution is 5.85. The minimum absolute atomic E-state index is 0.164. The number of nitrogens with zero attached hydrogens (tertiary/aromatic N) is 3. The summed E-state index contributed by atoms with van der Waals surface area (Å²) in [4.78, 5) is 19.4. The van der Waals surface area contributed by atoms with Crippen molar-refractivity contribution in [1.29, 1.82) is 0 Å². The number of benzene rings is 3. The molecule has 1 aliphatic rings. The second-order valence-electron chi connectivity index (χ2n) is 9.65. The third kappa shape index (κ3) is 4.86. The standard InChI is InChI=1S/C30H32FN3O/c1-3-7-29-32-21(2)18-30(35)34(29)25-12-13-28(27(31)20-25)33-16-14-22(15-17-33)19-24-10-6-9-23-8-4-5-11-26(23)24/h4-6,8-13,18,20,22H,3,7,14-17,19H2,1-2H3. The first kappa shape index (κ1) is 23.3. The number of aryl methyl sites for hydroxylation is 2. The van der Waals surface area contributed by atoms with Gasteiger partial charge in [-0.2, -0.15) is 0 Å². The molecule has 0 radical (unpaired) electrons. The molecule has 3 aromatic carbocycles. The van der Waals surface area contributed by atoms with Crippen molar-refractivity contribution in [2.75, 3.05) is 18.0 Å². The Morgan fingerprint density at radius 1 is 1.00 bits per heavy atom. The summed E-state index contributed by atoms with van der Waals surface area (Å²) in [5.41, 5.74) is 3.08. The van der Waals surface area contributed by atoms with Crippen LogP contribution in [0.2, 0.25) is 0 Å². The fourth-order valence-corrected chi connectivity index (χ4v) is 5.37. The molecule has 5 heteroatoms. The number of rotatable bonds is 6. The predicted molar refractivity (Wildman–Crippen MR) is 141 cm³/mol. The van der Waals surface area contributed by atoms with Crippen LogP contribution < -0.4 is 10.5 Å². The minimum Gasteiger partial charge on any atom is -0.369 e. The van der Waals surface area contributed by atoms with E-state index >= 15 is 4.39 Å². The Bertz CT molecular complexity index is 1400. The lowest BCUT2D eigenvalue weighted by molar-refractivity contribution is 0.402. The summed E-state index contributed by atoms with van der Waals surface area (Å²) < 4.78 is 16.8. The molecule has 0 N–H and O–H groups in total. The molecule has 5 rings (SSSR count). The Labute approximate surface area is 206 Å². The Balaban J connectivity index is 1.31. The molecule has 4 nitrogen and oxygen atoms in total. The van der Waals surface area contributed by atoms with Crippen molar-refractivity contribution in [3.8, 4) is 5.69 Å². The summed E-state index contributed by atoms with van der Waals surface area (Å²) >= 11 is 0. The maximum Gasteiger partial charge on any atom is 0.258 e. The number of fused-ring (bicyclic) bond motifs is 1. The number of anilines is 1. The summed E-state index contributed by atoms with van der Waals surface area (Å²) in [6.45, 7) is 5.53. The van der Waals surface area contributed by atoms with E-state index in [9.17, 15) is 4.79 Å². The molecule has 1 aliphatic heterocycles. The van der Waals surface area contributed by atoms with Crippen LogP contribution in [0, 0.1) is 18.7 Å². The highest BCUT2D eigenvalue weighted by Crippen LogP contribution is 2.30. The van der Waals surface area contributed by atoms with E-state index in [0.29, 0.717) is 35.2 Å². The molecule has 1 fully saturated rings. The Morgan fingerprint density at radius 3 is 2.54 bits per heavy atom. The van der Waals surface area contributed by atoms with Crippen LogP contribution in [-0.2, 0) is 12.8 Å². The van der Waals surface area contributed by atoms with E-state index in [4.69, 9.17) is 0 Å². The van der Waals surface area contributed by atoms with Crippen molar-refractivity contribution >= 4 is 16.5 Å². The van der Waals surface area contributed by atoms with Crippen molar-refractivity contribution in [3.05, 3.63) is 100.0 Å². The second kappa shape index (κ2) is 10.0. The predicted octanol–water partition coefficient (Wildman–Crippen LogP) is 6.24. The van der Waals surface area contributed by atoms with E-state index in [-0.39, 0.29) is 11.4 Å². The van der Waals surface area contributed by atoms with Gasteiger partial charge in [-0.3, -0.25) is 9.36 Å². The van der Waals surface area contributed by atoms with E-state index < -0.39 is 0 Å². The Morgan fingerprint density at radius 2 is 1.77 bits per heavy atom. The number of hydrogen-bond acceptors (Lipinski definition) is 3. The van der Waals surface area contributed by atoms with Gasteiger partial charge in [-0.25, -0.2) is 9.37 Å². The van der Waals surface area contributed by atoms with Gasteiger partial charge in [0.05, 0.1) is 11.4 Å². The van der Waals surface area contributed by atoms with Crippen LogP contribution in [0.1, 0.15) is 43.3 Å². The van der Waals surface area contributed by atoms with Gasteiger partial charge < -0.3 is 4.90 Å². The summed E-state index contributed by atoms with van der Waals surface area (Å²) in [6, 6.07) is 21.8. The molecule has 2 heterocycles. The van der Waals surface area contributed by atoms with Gasteiger partial charge in [0.1, 0.15) is 11.6 Å². The number of hydrogen-bond donors (Lipinski definition) is 0. The van der Waals surface area contributed by atoms with Crippen LogP contribution in [0.3, 0.4) is 0 Å². The van der Waals surface area contributed by atoms with Crippen LogP contribution in [0.4, 0.5) is 10.1 Å². The van der Waals surface area contributed by atoms with Crippen LogP contribution in [0.25, 0.3) is 16.5 Å². The average molecular weight is 470 g/mol. The Hall–Kier alpha value is -3.47. The van der Waals surface area contributed by atoms with Crippen molar-refractivity contribution in [1.82, 2.24) is 9.55 Å². The van der Waals surface area contributed by atoms with E-state index in [2.05, 4.69) is 52.3 Å². The van der Waals surface area contributed by atoms with Gasteiger partial charge >= 0.3 is 0 Å². The fourth-order valence-electron chi connectivity index (χ4n) is 5.37. The van der Waals surface area contributed by atoms with E-state index in [1.165, 1.54) is 28.5 Å². The molecule has 0 unspecified atom stereocenters. The molecule has 1 aromatic heterocycles. The zero-order chi connectivity index (χ0) is 24.4. The molecule has 0 aliphatic carbocycles. The fraction of sp³-hybridized carbons (Fsp3) is 0.333. The van der Waals surface area contributed by atoms with Crippen LogP contribution >= 0.6 is 0 Å². The number of halogens is 1. The largest absolute Gasteiger partial charge is 0.369 e. The molecule has 180 valence electrons. The van der Waals surface area contributed by atoms with E-state index in [0.717, 1.165) is 38.8 Å². The zero-order valence-corrected chi connectivity index (χ0v) is 20.5. The van der Waals surface area contributed by atoms with Gasteiger partial charge in [0, 0.05) is 37.3 Å². The Kier molecular flexibility index (Phi) is 6.67. The van der Waals surface area contributed by atoms with Crippen LogP contribution in [0.15, 0.2) is 71.5 Å². The van der Waals surface area contributed by atoms with E-state index in [1.54, 1.807) is 4.57 Å². The summed E-state index contributed by atoms with van der Waals surface area (Å²) in [5, 5.41) is 2.62. The molecule has 0 spiro atoms. The topological polar surface area (TPSA) is 38.1 Å². The molecule has 4 aromatic rings. The molecule has 0 atom stereocenters. The molecule has 0 amide bonds. The molecule has 1 saturated heterocycles. The minimum atomic E-state index is -0.287. The lowest BCUT2D eigenvalue weighted by Crippen LogP contribution is -2.35. The summed E-state index contributed by atoms with van der Waals surface area (Å²) in [7, 11) is 0. The molecule has 0 saturated carbocycles. The lowest BCUT2D eigenvalue weighted by atomic mass is 9.88. The highest BCUT2D eigenvalue weighted by atomic mass is 19.1. The summed E-state index contributed by atoms with van der Waals surface area (Å²) in [6.07, 6.45) is 4.66. The first-order chi connectivity index (χ1) is 17.0. The van der Waals surface area contributed by atoms with Gasteiger partial charge in [0.15, 0.2) is 0 Å². The van der Waals surface area contributed by atoms with Crippen molar-refractivity contribution in [3.63, 3.8) is 0 Å². The molecular formula is C30H32FN3O. The van der Waals surface area contributed by atoms with Crippen molar-refractivity contribution < 1.29 is 4.39 Å². The van der Waals surface area contributed by atoms with Crippen molar-refractivity contribution in [2.45, 2.75) is 46.0 Å². The molecular weight excluding hydrogens is 437 g/mol. The van der Waals surface area contributed by atoms with Gasteiger partial charge in [0.25, 0.3) is 5.56 Å². The maximum absolute atomic E-state index is 15.3. The number of aromatic nitrogens is 2. The third-order valence-electron chi connectivity index (χ3n) is 7.12. The molecule has 0 bridgehead atoms. The van der Waals surface area contributed by atoms with Crippen LogP contribution in [0.5, 0.6) is 0 Å². The van der Waals surface area contributed by atoms with Gasteiger partial charge in [0.2, 0.25) is 0 Å². The van der Waals surface area contributed by atoms with Gasteiger partial charge in [-0.1, -0.05) is 49.4 Å². The van der Waals surface area contributed by atoms with E-state index in [1.807, 2.05) is 26.0 Å². The third-order valence-corrected chi connectivity index (χ3v) is 7.12. The maximum atomic E-state index is 15.3. The first-order valence-corrected chi connectivity index (χ1v) is 12.6. The monoisotopic (exact) mass is 469 g/mol. The highest BCUT2D eigenvalue weighted by Gasteiger charge is 2.23. The van der Waals surface area contributed by atoms with Gasteiger partial charge in [-0.15, -0.1) is 0 Å². The number of piperidine rings is 1. The lowest BCUT2D eigenvalue weighted by Gasteiger charge is -2.34. The zero-order valence-electron chi connectivity index (χ0n) is 20.5.